The summed E-state index contributed by atoms with van der Waals surface area (Å²) in [6.45, 7) is 6.73. The number of allylic oxidation sites excluding steroid dienone is 1. The molecule has 0 amide bonds. The van der Waals surface area contributed by atoms with Gasteiger partial charge >= 0.3 is 5.97 Å². The summed E-state index contributed by atoms with van der Waals surface area (Å²) in [5.41, 5.74) is 0.453. The van der Waals surface area contributed by atoms with Crippen LogP contribution in [-0.4, -0.2) is 23.1 Å². The van der Waals surface area contributed by atoms with Crippen LogP contribution < -0.4 is 0 Å². The molecule has 1 unspecified atom stereocenters. The minimum Gasteiger partial charge on any atom is -0.459 e. The molecule has 1 aromatic carbocycles. The Morgan fingerprint density at radius 3 is 2.26 bits per heavy atom. The van der Waals surface area contributed by atoms with Gasteiger partial charge in [-0.3, -0.25) is 14.4 Å². The van der Waals surface area contributed by atoms with Crippen molar-refractivity contribution in [2.45, 2.75) is 45.6 Å². The standard InChI is InChI=1S/C19H22O4/c1-12(20)15-10-14(21)11-16(13-8-6-5-7-9-13)17(15)18(22)23-19(2,3)4/h5-10,16-17H,11H2,1-4H3/t16-,17?/m1/s1. The molecule has 0 bridgehead atoms. The van der Waals surface area contributed by atoms with Gasteiger partial charge in [-0.15, -0.1) is 0 Å². The molecule has 1 aliphatic rings. The molecule has 0 saturated heterocycles. The molecular weight excluding hydrogens is 292 g/mol. The van der Waals surface area contributed by atoms with Crippen molar-refractivity contribution in [1.29, 1.82) is 0 Å². The lowest BCUT2D eigenvalue weighted by atomic mass is 9.73. The first-order chi connectivity index (χ1) is 10.7. The van der Waals surface area contributed by atoms with E-state index in [4.69, 9.17) is 4.74 Å². The molecule has 0 spiro atoms. The number of benzene rings is 1. The number of Topliss-reactive ketones (excluding diaryl/α,β-unsaturated/α-hetero) is 1. The molecular formula is C19H22O4. The molecule has 0 fully saturated rings. The number of hydrogen-bond donors (Lipinski definition) is 0. The Balaban J connectivity index is 2.47. The van der Waals surface area contributed by atoms with E-state index < -0.39 is 17.5 Å². The number of ether oxygens (including phenoxy) is 1. The number of carbonyl (C=O) groups is 3. The Hall–Kier alpha value is -2.23. The Morgan fingerprint density at radius 2 is 1.74 bits per heavy atom. The monoisotopic (exact) mass is 314 g/mol. The van der Waals surface area contributed by atoms with E-state index in [0.717, 1.165) is 5.56 Å². The Labute approximate surface area is 136 Å². The summed E-state index contributed by atoms with van der Waals surface area (Å²) in [6.07, 6.45) is 1.50. The van der Waals surface area contributed by atoms with E-state index in [2.05, 4.69) is 0 Å². The average Bonchev–Trinajstić information content (AvgIpc) is 2.45. The van der Waals surface area contributed by atoms with Crippen LogP contribution in [0.3, 0.4) is 0 Å². The van der Waals surface area contributed by atoms with Crippen molar-refractivity contribution in [3.8, 4) is 0 Å². The summed E-state index contributed by atoms with van der Waals surface area (Å²) in [6, 6.07) is 9.34. The summed E-state index contributed by atoms with van der Waals surface area (Å²) in [5, 5.41) is 0. The SMILES string of the molecule is CC(=O)C1=CC(=O)C[C@H](c2ccccc2)C1C(=O)OC(C)(C)C. The molecule has 1 aliphatic carbocycles. The summed E-state index contributed by atoms with van der Waals surface area (Å²) >= 11 is 0. The molecule has 0 aliphatic heterocycles. The molecule has 2 rings (SSSR count). The normalized spacial score (nSPS) is 21.6. The van der Waals surface area contributed by atoms with Crippen LogP contribution in [0.15, 0.2) is 42.0 Å². The molecule has 0 heterocycles. The van der Waals surface area contributed by atoms with E-state index in [9.17, 15) is 14.4 Å². The Bertz CT molecular complexity index is 650. The number of esters is 1. The molecule has 2 atom stereocenters. The number of carbonyl (C=O) groups excluding carboxylic acids is 3. The van der Waals surface area contributed by atoms with E-state index in [1.54, 1.807) is 20.8 Å². The lowest BCUT2D eigenvalue weighted by molar-refractivity contribution is -0.160. The van der Waals surface area contributed by atoms with Gasteiger partial charge in [-0.1, -0.05) is 30.3 Å². The largest absolute Gasteiger partial charge is 0.459 e. The zero-order valence-electron chi connectivity index (χ0n) is 14.0. The van der Waals surface area contributed by atoms with Crippen molar-refractivity contribution in [1.82, 2.24) is 0 Å². The minimum atomic E-state index is -0.744. The van der Waals surface area contributed by atoms with E-state index in [-0.39, 0.29) is 29.5 Å². The molecule has 23 heavy (non-hydrogen) atoms. The van der Waals surface area contributed by atoms with Gasteiger partial charge in [-0.25, -0.2) is 0 Å². The van der Waals surface area contributed by atoms with Gasteiger partial charge in [-0.2, -0.15) is 0 Å². The van der Waals surface area contributed by atoms with Crippen LogP contribution >= 0.6 is 0 Å². The number of hydrogen-bond acceptors (Lipinski definition) is 4. The van der Waals surface area contributed by atoms with Crippen LogP contribution in [0.5, 0.6) is 0 Å². The van der Waals surface area contributed by atoms with Gasteiger partial charge in [-0.05, 0) is 39.3 Å². The average molecular weight is 314 g/mol. The smallest absolute Gasteiger partial charge is 0.314 e. The van der Waals surface area contributed by atoms with Crippen molar-refractivity contribution in [3.63, 3.8) is 0 Å². The first-order valence-electron chi connectivity index (χ1n) is 7.72. The van der Waals surface area contributed by atoms with Crippen molar-refractivity contribution in [3.05, 3.63) is 47.5 Å². The van der Waals surface area contributed by atoms with Gasteiger partial charge in [0.1, 0.15) is 5.60 Å². The molecule has 122 valence electrons. The van der Waals surface area contributed by atoms with Gasteiger partial charge in [0.05, 0.1) is 5.92 Å². The number of ketones is 2. The highest BCUT2D eigenvalue weighted by molar-refractivity contribution is 6.07. The van der Waals surface area contributed by atoms with Crippen molar-refractivity contribution < 1.29 is 19.1 Å². The first-order valence-corrected chi connectivity index (χ1v) is 7.72. The predicted molar refractivity (Wildman–Crippen MR) is 86.9 cm³/mol. The highest BCUT2D eigenvalue weighted by Gasteiger charge is 2.41. The Kier molecular flexibility index (Phi) is 4.83. The van der Waals surface area contributed by atoms with E-state index >= 15 is 0 Å². The second kappa shape index (κ2) is 6.49. The van der Waals surface area contributed by atoms with Crippen LogP contribution in [0, 0.1) is 5.92 Å². The molecule has 4 nitrogen and oxygen atoms in total. The van der Waals surface area contributed by atoms with Crippen LogP contribution in [0.1, 0.15) is 45.6 Å². The van der Waals surface area contributed by atoms with Gasteiger partial charge < -0.3 is 4.74 Å². The molecule has 0 saturated carbocycles. The van der Waals surface area contributed by atoms with Crippen molar-refractivity contribution in [2.24, 2.45) is 5.92 Å². The van der Waals surface area contributed by atoms with E-state index in [0.29, 0.717) is 0 Å². The first kappa shape index (κ1) is 17.1. The maximum absolute atomic E-state index is 12.7. The second-order valence-corrected chi connectivity index (χ2v) is 6.85. The van der Waals surface area contributed by atoms with Gasteiger partial charge in [0.2, 0.25) is 0 Å². The van der Waals surface area contributed by atoms with Gasteiger partial charge in [0.25, 0.3) is 0 Å². The highest BCUT2D eigenvalue weighted by atomic mass is 16.6. The zero-order valence-corrected chi connectivity index (χ0v) is 14.0. The summed E-state index contributed by atoms with van der Waals surface area (Å²) in [5.74, 6) is -1.98. The van der Waals surface area contributed by atoms with Crippen LogP contribution in [0.2, 0.25) is 0 Å². The van der Waals surface area contributed by atoms with E-state index in [1.165, 1.54) is 13.0 Å². The van der Waals surface area contributed by atoms with Gasteiger partial charge in [0.15, 0.2) is 11.6 Å². The zero-order chi connectivity index (χ0) is 17.2. The third-order valence-corrected chi connectivity index (χ3v) is 3.77. The molecule has 4 heteroatoms. The quantitative estimate of drug-likeness (QED) is 0.804. The third-order valence-electron chi connectivity index (χ3n) is 3.77. The predicted octanol–water partition coefficient (Wildman–Crippen LogP) is 3.22. The Morgan fingerprint density at radius 1 is 1.13 bits per heavy atom. The van der Waals surface area contributed by atoms with Crippen LogP contribution in [0.25, 0.3) is 0 Å². The van der Waals surface area contributed by atoms with E-state index in [1.807, 2.05) is 30.3 Å². The summed E-state index contributed by atoms with van der Waals surface area (Å²) < 4.78 is 5.50. The molecule has 0 radical (unpaired) electrons. The minimum absolute atomic E-state index is 0.135. The highest BCUT2D eigenvalue weighted by Crippen LogP contribution is 2.38. The maximum atomic E-state index is 12.7. The molecule has 0 aromatic heterocycles. The molecule has 1 aromatic rings. The number of rotatable bonds is 3. The van der Waals surface area contributed by atoms with Crippen molar-refractivity contribution >= 4 is 17.5 Å². The maximum Gasteiger partial charge on any atom is 0.314 e. The fourth-order valence-corrected chi connectivity index (χ4v) is 2.86. The molecule has 0 N–H and O–H groups in total. The fourth-order valence-electron chi connectivity index (χ4n) is 2.86. The fraction of sp³-hybridized carbons (Fsp3) is 0.421. The third kappa shape index (κ3) is 4.15. The summed E-state index contributed by atoms with van der Waals surface area (Å²) in [4.78, 5) is 36.7. The second-order valence-electron chi connectivity index (χ2n) is 6.85. The van der Waals surface area contributed by atoms with Crippen molar-refractivity contribution in [2.75, 3.05) is 0 Å². The lowest BCUT2D eigenvalue weighted by Crippen LogP contribution is -2.37. The van der Waals surface area contributed by atoms with Gasteiger partial charge in [0, 0.05) is 17.9 Å². The lowest BCUT2D eigenvalue weighted by Gasteiger charge is -2.32. The summed E-state index contributed by atoms with van der Waals surface area (Å²) in [7, 11) is 0. The van der Waals surface area contributed by atoms with Crippen LogP contribution in [-0.2, 0) is 19.1 Å². The topological polar surface area (TPSA) is 60.4 Å². The van der Waals surface area contributed by atoms with Crippen LogP contribution in [0.4, 0.5) is 0 Å².